The van der Waals surface area contributed by atoms with Crippen molar-refractivity contribution in [1.82, 2.24) is 10.2 Å². The van der Waals surface area contributed by atoms with E-state index in [9.17, 15) is 0 Å². The number of aryl methyl sites for hydroxylation is 1. The molecular formula is C16H25N3O3S. The second-order valence-electron chi connectivity index (χ2n) is 7.00. The van der Waals surface area contributed by atoms with Crippen LogP contribution >= 0.6 is 11.3 Å². The summed E-state index contributed by atoms with van der Waals surface area (Å²) in [6, 6.07) is 0. The molecule has 3 fully saturated rings. The highest BCUT2D eigenvalue weighted by Crippen LogP contribution is 2.38. The van der Waals surface area contributed by atoms with Gasteiger partial charge in [0.1, 0.15) is 10.6 Å². The van der Waals surface area contributed by atoms with Gasteiger partial charge in [-0.1, -0.05) is 11.3 Å². The second kappa shape index (κ2) is 6.63. The summed E-state index contributed by atoms with van der Waals surface area (Å²) >= 11 is 1.65. The Morgan fingerprint density at radius 2 is 2.04 bits per heavy atom. The topological polar surface area (TPSA) is 56.7 Å². The van der Waals surface area contributed by atoms with Crippen LogP contribution in [0.1, 0.15) is 30.7 Å². The molecule has 23 heavy (non-hydrogen) atoms. The van der Waals surface area contributed by atoms with E-state index < -0.39 is 0 Å². The van der Waals surface area contributed by atoms with Gasteiger partial charge in [-0.3, -0.25) is 0 Å². The van der Waals surface area contributed by atoms with Crippen molar-refractivity contribution in [3.8, 4) is 0 Å². The number of rotatable bonds is 4. The zero-order valence-electron chi connectivity index (χ0n) is 13.7. The van der Waals surface area contributed by atoms with Crippen LogP contribution in [0.3, 0.4) is 0 Å². The van der Waals surface area contributed by atoms with Gasteiger partial charge >= 0.3 is 0 Å². The summed E-state index contributed by atoms with van der Waals surface area (Å²) in [5.74, 6) is 0.671. The zero-order chi connectivity index (χ0) is 15.7. The molecule has 1 atom stereocenters. The molecule has 0 aliphatic carbocycles. The largest absolute Gasteiger partial charge is 0.381 e. The Labute approximate surface area is 141 Å². The smallest absolute Gasteiger partial charge is 0.208 e. The predicted molar refractivity (Wildman–Crippen MR) is 88.1 cm³/mol. The normalized spacial score (nSPS) is 28.0. The molecule has 4 heterocycles. The summed E-state index contributed by atoms with van der Waals surface area (Å²) in [5, 5.41) is 10.4. The van der Waals surface area contributed by atoms with Crippen molar-refractivity contribution in [3.05, 3.63) is 5.01 Å². The van der Waals surface area contributed by atoms with Crippen LogP contribution in [0.5, 0.6) is 0 Å². The van der Waals surface area contributed by atoms with Gasteiger partial charge in [-0.05, 0) is 32.1 Å². The Bertz CT molecular complexity index is 526. The van der Waals surface area contributed by atoms with Gasteiger partial charge in [-0.15, -0.1) is 10.2 Å². The third-order valence-electron chi connectivity index (χ3n) is 5.10. The third-order valence-corrected chi connectivity index (χ3v) is 6.00. The Balaban J connectivity index is 1.26. The standard InChI is InChI=1S/C16H25N3O3S/c1-12-17-18-15(23-12)19-10-16(11-19)8-14(4-7-22-16)21-9-13-2-5-20-6-3-13/h13-14H,2-11H2,1H3/t14-/m0/s1. The summed E-state index contributed by atoms with van der Waals surface area (Å²) in [6.45, 7) is 7.29. The van der Waals surface area contributed by atoms with Crippen LogP contribution < -0.4 is 4.90 Å². The lowest BCUT2D eigenvalue weighted by Crippen LogP contribution is -2.66. The van der Waals surface area contributed by atoms with Crippen molar-refractivity contribution in [3.63, 3.8) is 0 Å². The van der Waals surface area contributed by atoms with E-state index in [2.05, 4.69) is 15.1 Å². The summed E-state index contributed by atoms with van der Waals surface area (Å²) in [5.41, 5.74) is -0.0296. The monoisotopic (exact) mass is 339 g/mol. The number of hydrogen-bond acceptors (Lipinski definition) is 7. The number of anilines is 1. The summed E-state index contributed by atoms with van der Waals surface area (Å²) < 4.78 is 17.7. The second-order valence-corrected chi connectivity index (χ2v) is 8.16. The molecule has 7 heteroatoms. The molecule has 0 bridgehead atoms. The predicted octanol–water partition coefficient (Wildman–Crippen LogP) is 2.03. The summed E-state index contributed by atoms with van der Waals surface area (Å²) in [7, 11) is 0. The van der Waals surface area contributed by atoms with E-state index in [1.807, 2.05) is 6.92 Å². The molecule has 3 aliphatic rings. The van der Waals surface area contributed by atoms with Crippen molar-refractivity contribution in [1.29, 1.82) is 0 Å². The van der Waals surface area contributed by atoms with Crippen LogP contribution in [-0.2, 0) is 14.2 Å². The van der Waals surface area contributed by atoms with E-state index in [0.717, 1.165) is 75.3 Å². The van der Waals surface area contributed by atoms with Crippen LogP contribution in [0.15, 0.2) is 0 Å². The van der Waals surface area contributed by atoms with Crippen LogP contribution in [0, 0.1) is 12.8 Å². The maximum Gasteiger partial charge on any atom is 0.208 e. The van der Waals surface area contributed by atoms with Crippen molar-refractivity contribution >= 4 is 16.5 Å². The maximum atomic E-state index is 6.22. The number of nitrogens with zero attached hydrogens (tertiary/aromatic N) is 3. The van der Waals surface area contributed by atoms with Crippen LogP contribution in [0.2, 0.25) is 0 Å². The van der Waals surface area contributed by atoms with Crippen molar-refractivity contribution in [2.45, 2.75) is 44.3 Å². The minimum Gasteiger partial charge on any atom is -0.381 e. The Kier molecular flexibility index (Phi) is 4.54. The highest BCUT2D eigenvalue weighted by molar-refractivity contribution is 7.15. The fourth-order valence-electron chi connectivity index (χ4n) is 3.73. The van der Waals surface area contributed by atoms with E-state index in [4.69, 9.17) is 14.2 Å². The molecule has 1 aromatic heterocycles. The molecule has 0 N–H and O–H groups in total. The average molecular weight is 339 g/mol. The van der Waals surface area contributed by atoms with Crippen molar-refractivity contribution in [2.24, 2.45) is 5.92 Å². The van der Waals surface area contributed by atoms with Gasteiger partial charge in [0.2, 0.25) is 5.13 Å². The molecule has 6 nitrogen and oxygen atoms in total. The fourth-order valence-corrected chi connectivity index (χ4v) is 4.41. The van der Waals surface area contributed by atoms with E-state index in [-0.39, 0.29) is 5.60 Å². The fraction of sp³-hybridized carbons (Fsp3) is 0.875. The van der Waals surface area contributed by atoms with Crippen molar-refractivity contribution < 1.29 is 14.2 Å². The van der Waals surface area contributed by atoms with Gasteiger partial charge in [0, 0.05) is 32.8 Å². The summed E-state index contributed by atoms with van der Waals surface area (Å²) in [6.07, 6.45) is 4.63. The molecule has 0 saturated carbocycles. The lowest BCUT2D eigenvalue weighted by Gasteiger charge is -2.52. The molecule has 1 spiro atoms. The molecule has 4 rings (SSSR count). The Morgan fingerprint density at radius 3 is 2.78 bits per heavy atom. The molecular weight excluding hydrogens is 314 g/mol. The van der Waals surface area contributed by atoms with Gasteiger partial charge in [0.25, 0.3) is 0 Å². The van der Waals surface area contributed by atoms with Gasteiger partial charge in [0.15, 0.2) is 0 Å². The minimum absolute atomic E-state index is 0.0296. The SMILES string of the molecule is Cc1nnc(N2CC3(C[C@@H](OCC4CCOCC4)CCO3)C2)s1. The average Bonchev–Trinajstić information content (AvgIpc) is 2.98. The maximum absolute atomic E-state index is 6.22. The Morgan fingerprint density at radius 1 is 1.22 bits per heavy atom. The summed E-state index contributed by atoms with van der Waals surface area (Å²) in [4.78, 5) is 2.27. The first-order chi connectivity index (χ1) is 11.2. The van der Waals surface area contributed by atoms with E-state index in [1.165, 1.54) is 0 Å². The molecule has 0 unspecified atom stereocenters. The van der Waals surface area contributed by atoms with Gasteiger partial charge in [-0.25, -0.2) is 0 Å². The quantitative estimate of drug-likeness (QED) is 0.837. The van der Waals surface area contributed by atoms with E-state index in [0.29, 0.717) is 12.0 Å². The molecule has 1 aromatic rings. The molecule has 128 valence electrons. The number of hydrogen-bond donors (Lipinski definition) is 0. The molecule has 3 saturated heterocycles. The number of aromatic nitrogens is 2. The lowest BCUT2D eigenvalue weighted by atomic mass is 9.85. The van der Waals surface area contributed by atoms with E-state index in [1.54, 1.807) is 11.3 Å². The minimum atomic E-state index is -0.0296. The molecule has 0 radical (unpaired) electrons. The molecule has 0 aromatic carbocycles. The first-order valence-electron chi connectivity index (χ1n) is 8.61. The van der Waals surface area contributed by atoms with Crippen LogP contribution in [0.4, 0.5) is 5.13 Å². The molecule has 3 aliphatic heterocycles. The number of ether oxygens (including phenoxy) is 3. The molecule has 0 amide bonds. The highest BCUT2D eigenvalue weighted by Gasteiger charge is 2.49. The lowest BCUT2D eigenvalue weighted by molar-refractivity contribution is -0.150. The first-order valence-corrected chi connectivity index (χ1v) is 9.42. The van der Waals surface area contributed by atoms with Gasteiger partial charge < -0.3 is 19.1 Å². The highest BCUT2D eigenvalue weighted by atomic mass is 32.1. The van der Waals surface area contributed by atoms with Gasteiger partial charge in [0.05, 0.1) is 19.2 Å². The van der Waals surface area contributed by atoms with Crippen LogP contribution in [-0.4, -0.2) is 61.4 Å². The van der Waals surface area contributed by atoms with Crippen LogP contribution in [0.25, 0.3) is 0 Å². The van der Waals surface area contributed by atoms with E-state index >= 15 is 0 Å². The van der Waals surface area contributed by atoms with Gasteiger partial charge in [-0.2, -0.15) is 0 Å². The third kappa shape index (κ3) is 3.52. The first kappa shape index (κ1) is 15.7. The Hall–Kier alpha value is -0.760. The zero-order valence-corrected chi connectivity index (χ0v) is 14.5. The van der Waals surface area contributed by atoms with Crippen molar-refractivity contribution in [2.75, 3.05) is 44.4 Å².